The maximum absolute atomic E-state index is 16.2. The summed E-state index contributed by atoms with van der Waals surface area (Å²) in [6.07, 6.45) is -3.08. The van der Waals surface area contributed by atoms with E-state index in [1.807, 2.05) is 0 Å². The van der Waals surface area contributed by atoms with E-state index in [1.165, 1.54) is 19.1 Å². The number of nitrogens with two attached hydrogens (primary N) is 1. The molecule has 1 saturated heterocycles. The smallest absolute Gasteiger partial charge is 0.459 e. The van der Waals surface area contributed by atoms with Gasteiger partial charge < -0.3 is 29.7 Å². The molecule has 17 heteroatoms. The van der Waals surface area contributed by atoms with E-state index >= 15 is 8.78 Å². The van der Waals surface area contributed by atoms with Gasteiger partial charge in [-0.1, -0.05) is 18.2 Å². The second kappa shape index (κ2) is 11.4. The fraction of sp³-hybridized carbons (Fsp3) is 0.500. The molecule has 6 atom stereocenters. The molecule has 4 rings (SSSR count). The second-order valence-corrected chi connectivity index (χ2v) is 11.4. The Bertz CT molecular complexity index is 1440. The number of para-hydroxylation sites is 1. The number of hydrogen-bond donors (Lipinski definition) is 3. The van der Waals surface area contributed by atoms with E-state index in [2.05, 4.69) is 20.0 Å². The van der Waals surface area contributed by atoms with Crippen LogP contribution in [0.15, 0.2) is 36.7 Å². The number of aromatic nitrogens is 4. The van der Waals surface area contributed by atoms with Crippen LogP contribution >= 0.6 is 7.75 Å². The zero-order valence-corrected chi connectivity index (χ0v) is 23.9. The van der Waals surface area contributed by atoms with Crippen molar-refractivity contribution in [1.82, 2.24) is 24.6 Å². The van der Waals surface area contributed by atoms with Crippen LogP contribution in [0.4, 0.5) is 20.5 Å². The van der Waals surface area contributed by atoms with Crippen molar-refractivity contribution in [1.29, 1.82) is 0 Å². The van der Waals surface area contributed by atoms with Crippen molar-refractivity contribution >= 4 is 36.6 Å². The first kappa shape index (κ1) is 30.5. The number of carbonyl (C=O) groups is 1. The van der Waals surface area contributed by atoms with Gasteiger partial charge >= 0.3 is 13.7 Å². The van der Waals surface area contributed by atoms with Gasteiger partial charge in [-0.05, 0) is 32.9 Å². The molecular weight excluding hydrogens is 567 g/mol. The Morgan fingerprint density at radius 2 is 2.00 bits per heavy atom. The predicted molar refractivity (Wildman–Crippen MR) is 143 cm³/mol. The van der Waals surface area contributed by atoms with Crippen molar-refractivity contribution in [2.24, 2.45) is 0 Å². The van der Waals surface area contributed by atoms with Gasteiger partial charge in [-0.3, -0.25) is 13.9 Å². The average Bonchev–Trinajstić information content (AvgIpc) is 3.40. The first-order chi connectivity index (χ1) is 19.2. The molecule has 3 aromatic rings. The topological polar surface area (TPSA) is 176 Å². The third-order valence-electron chi connectivity index (χ3n) is 6.22. The zero-order valence-electron chi connectivity index (χ0n) is 23.0. The highest BCUT2D eigenvalue weighted by atomic mass is 31.2. The van der Waals surface area contributed by atoms with Crippen LogP contribution in [0, 0.1) is 0 Å². The molecule has 0 amide bonds. The molecule has 41 heavy (non-hydrogen) atoms. The van der Waals surface area contributed by atoms with Gasteiger partial charge in [0.05, 0.1) is 12.9 Å². The number of hydrogen-bond acceptors (Lipinski definition) is 12. The summed E-state index contributed by atoms with van der Waals surface area (Å²) in [6.45, 7) is 2.64. The molecule has 0 bridgehead atoms. The fourth-order valence-corrected chi connectivity index (χ4v) is 5.71. The van der Waals surface area contributed by atoms with Crippen LogP contribution in [-0.2, 0) is 23.4 Å². The van der Waals surface area contributed by atoms with E-state index < -0.39 is 50.2 Å². The predicted octanol–water partition coefficient (Wildman–Crippen LogP) is 2.50. The SMILES string of the molecule is CCOC(=O)[C@H](C)N[P@](=O)(OC[C@@]1(F)O[C@@H](n2cnc3c(N(C)C)nc(N)nc32)[C@](C)(F)[C@@H]1O)Oc1ccccc1. The maximum atomic E-state index is 16.2. The molecule has 0 unspecified atom stereocenters. The minimum absolute atomic E-state index is 0.0236. The average molecular weight is 600 g/mol. The van der Waals surface area contributed by atoms with Crippen molar-refractivity contribution in [3.63, 3.8) is 0 Å². The summed E-state index contributed by atoms with van der Waals surface area (Å²) < 4.78 is 68.0. The highest BCUT2D eigenvalue weighted by Crippen LogP contribution is 2.52. The number of rotatable bonds is 11. The molecule has 0 radical (unpaired) electrons. The summed E-state index contributed by atoms with van der Waals surface area (Å²) in [4.78, 5) is 26.2. The van der Waals surface area contributed by atoms with E-state index in [9.17, 15) is 14.5 Å². The molecule has 0 saturated carbocycles. The zero-order chi connectivity index (χ0) is 30.2. The Morgan fingerprint density at radius 3 is 2.63 bits per heavy atom. The van der Waals surface area contributed by atoms with E-state index in [1.54, 1.807) is 44.1 Å². The molecular formula is C24H32F2N7O7P. The molecule has 1 fully saturated rings. The Labute approximate surface area is 234 Å². The van der Waals surface area contributed by atoms with Crippen molar-refractivity contribution in [3.8, 4) is 5.75 Å². The van der Waals surface area contributed by atoms with Crippen LogP contribution < -0.4 is 20.2 Å². The number of esters is 1. The normalized spacial score (nSPS) is 26.4. The lowest BCUT2D eigenvalue weighted by Gasteiger charge is -2.28. The van der Waals surface area contributed by atoms with Crippen LogP contribution in [-0.4, -0.2) is 81.6 Å². The number of nitrogen functional groups attached to an aromatic ring is 1. The van der Waals surface area contributed by atoms with Crippen molar-refractivity contribution in [2.75, 3.05) is 37.9 Å². The maximum Gasteiger partial charge on any atom is 0.459 e. The number of fused-ring (bicyclic) bond motifs is 1. The number of nitrogens with zero attached hydrogens (tertiary/aromatic N) is 5. The number of anilines is 2. The van der Waals surface area contributed by atoms with Gasteiger partial charge in [-0.15, -0.1) is 0 Å². The summed E-state index contributed by atoms with van der Waals surface area (Å²) in [6, 6.07) is 6.54. The lowest BCUT2D eigenvalue weighted by Crippen LogP contribution is -2.47. The standard InChI is InChI=1S/C24H32F2N7O7P/c1-6-37-19(34)14(2)31-41(36,40-15-10-8-7-9-11-15)38-12-24(26)20(35)23(3,25)21(39-24)33-13-28-16-17(32(4)5)29-22(27)30-18(16)33/h7-11,13-14,20-21,35H,6,12H2,1-5H3,(H,31,36)(H2,27,29,30)/t14-,20-,21+,23+,24+,41-/m0/s1. The van der Waals surface area contributed by atoms with Crippen molar-refractivity contribution in [2.45, 2.75) is 50.7 Å². The molecule has 4 N–H and O–H groups in total. The number of imidazole rings is 1. The number of aliphatic hydroxyl groups excluding tert-OH is 1. The Kier molecular flexibility index (Phi) is 8.52. The third kappa shape index (κ3) is 6.11. The van der Waals surface area contributed by atoms with Gasteiger partial charge in [-0.25, -0.2) is 18.3 Å². The summed E-state index contributed by atoms with van der Waals surface area (Å²) >= 11 is 0. The lowest BCUT2D eigenvalue weighted by molar-refractivity contribution is -0.202. The number of benzene rings is 1. The van der Waals surface area contributed by atoms with E-state index in [-0.39, 0.29) is 29.5 Å². The van der Waals surface area contributed by atoms with E-state index in [4.69, 9.17) is 24.3 Å². The first-order valence-corrected chi connectivity index (χ1v) is 14.1. The van der Waals surface area contributed by atoms with Crippen molar-refractivity contribution in [3.05, 3.63) is 36.7 Å². The highest BCUT2D eigenvalue weighted by molar-refractivity contribution is 7.52. The van der Waals surface area contributed by atoms with Gasteiger partial charge in [0.2, 0.25) is 5.95 Å². The highest BCUT2D eigenvalue weighted by Gasteiger charge is 2.65. The quantitative estimate of drug-likeness (QED) is 0.217. The van der Waals surface area contributed by atoms with Gasteiger partial charge in [0.25, 0.3) is 5.85 Å². The number of ether oxygens (including phenoxy) is 2. The lowest BCUT2D eigenvalue weighted by atomic mass is 9.97. The van der Waals surface area contributed by atoms with Crippen LogP contribution in [0.1, 0.15) is 27.0 Å². The number of alkyl halides is 2. The second-order valence-electron chi connectivity index (χ2n) is 9.71. The molecule has 1 aliphatic rings. The van der Waals surface area contributed by atoms with Gasteiger partial charge in [0.15, 0.2) is 35.0 Å². The summed E-state index contributed by atoms with van der Waals surface area (Å²) in [5.41, 5.74) is 3.31. The fourth-order valence-electron chi connectivity index (χ4n) is 4.21. The van der Waals surface area contributed by atoms with Crippen LogP contribution in [0.5, 0.6) is 5.75 Å². The Hall–Kier alpha value is -3.43. The molecule has 0 aliphatic carbocycles. The van der Waals surface area contributed by atoms with Gasteiger partial charge in [0, 0.05) is 14.1 Å². The molecule has 1 aliphatic heterocycles. The minimum atomic E-state index is -4.55. The van der Waals surface area contributed by atoms with Crippen LogP contribution in [0.25, 0.3) is 11.2 Å². The summed E-state index contributed by atoms with van der Waals surface area (Å²) in [5, 5.41) is 13.1. The Morgan fingerprint density at radius 1 is 1.32 bits per heavy atom. The molecule has 1 aromatic carbocycles. The first-order valence-electron chi connectivity index (χ1n) is 12.6. The third-order valence-corrected chi connectivity index (χ3v) is 7.85. The molecule has 2 aromatic heterocycles. The van der Waals surface area contributed by atoms with Crippen LogP contribution in [0.2, 0.25) is 0 Å². The summed E-state index contributed by atoms with van der Waals surface area (Å²) in [5.74, 6) is -3.79. The number of aliphatic hydroxyl groups is 1. The minimum Gasteiger partial charge on any atom is -0.465 e. The van der Waals surface area contributed by atoms with Crippen LogP contribution in [0.3, 0.4) is 0 Å². The van der Waals surface area contributed by atoms with Gasteiger partial charge in [0.1, 0.15) is 18.4 Å². The monoisotopic (exact) mass is 599 g/mol. The van der Waals surface area contributed by atoms with E-state index in [0.29, 0.717) is 5.82 Å². The Balaban J connectivity index is 1.63. The molecule has 3 heterocycles. The molecule has 0 spiro atoms. The summed E-state index contributed by atoms with van der Waals surface area (Å²) in [7, 11) is -1.17. The van der Waals surface area contributed by atoms with Crippen molar-refractivity contribution < 1.29 is 41.8 Å². The van der Waals surface area contributed by atoms with Gasteiger partial charge in [-0.2, -0.15) is 15.1 Å². The number of carbonyl (C=O) groups excluding carboxylic acids is 1. The molecule has 224 valence electrons. The molecule has 14 nitrogen and oxygen atoms in total. The number of nitrogens with one attached hydrogen (secondary N) is 1. The largest absolute Gasteiger partial charge is 0.465 e. The van der Waals surface area contributed by atoms with E-state index in [0.717, 1.165) is 17.8 Å². The number of halogens is 2.